The van der Waals surface area contributed by atoms with Crippen molar-refractivity contribution in [1.82, 2.24) is 29.2 Å². The molecule has 0 unspecified atom stereocenters. The summed E-state index contributed by atoms with van der Waals surface area (Å²) in [6, 6.07) is 5.87. The van der Waals surface area contributed by atoms with E-state index in [-0.39, 0.29) is 0 Å². The fraction of sp³-hybridized carbons (Fsp3) is 0.353. The first kappa shape index (κ1) is 16.1. The van der Waals surface area contributed by atoms with Crippen LogP contribution in [0.5, 0.6) is 5.75 Å². The number of ether oxygens (including phenoxy) is 1. The third kappa shape index (κ3) is 3.01. The van der Waals surface area contributed by atoms with Crippen molar-refractivity contribution in [3.05, 3.63) is 47.1 Å². The number of aromatic nitrogens is 5. The van der Waals surface area contributed by atoms with Crippen molar-refractivity contribution in [3.8, 4) is 17.3 Å². The summed E-state index contributed by atoms with van der Waals surface area (Å²) in [5, 5.41) is 9.36. The molecule has 0 bridgehead atoms. The van der Waals surface area contributed by atoms with E-state index in [1.165, 1.54) is 0 Å². The van der Waals surface area contributed by atoms with E-state index in [1.807, 2.05) is 36.0 Å². The molecule has 25 heavy (non-hydrogen) atoms. The minimum Gasteiger partial charge on any atom is -0.495 e. The summed E-state index contributed by atoms with van der Waals surface area (Å²) < 4.78 is 9.36. The first-order valence-electron chi connectivity index (χ1n) is 8.10. The van der Waals surface area contributed by atoms with Crippen LogP contribution in [-0.2, 0) is 26.7 Å². The molecule has 7 nitrogen and oxygen atoms in total. The van der Waals surface area contributed by atoms with Gasteiger partial charge < -0.3 is 13.9 Å². The highest BCUT2D eigenvalue weighted by atomic mass is 35.5. The zero-order chi connectivity index (χ0) is 17.4. The molecule has 4 rings (SSSR count). The van der Waals surface area contributed by atoms with Crippen LogP contribution in [0.25, 0.3) is 11.5 Å². The standard InChI is InChI=1S/C17H19ClN6O/c1-22-9-13(19-11-22)17-21-20-15-10-23(6-7-24(15)17)8-12-4-3-5-14(25-2)16(12)18/h3-5,9,11H,6-8,10H2,1-2H3. The first-order valence-corrected chi connectivity index (χ1v) is 8.47. The third-order valence-electron chi connectivity index (χ3n) is 4.42. The molecule has 3 aromatic rings. The van der Waals surface area contributed by atoms with Gasteiger partial charge in [0.1, 0.15) is 17.3 Å². The lowest BCUT2D eigenvalue weighted by atomic mass is 10.2. The Morgan fingerprint density at radius 1 is 1.24 bits per heavy atom. The molecule has 0 radical (unpaired) electrons. The van der Waals surface area contributed by atoms with Crippen LogP contribution in [0.15, 0.2) is 30.7 Å². The Bertz CT molecular complexity index is 902. The van der Waals surface area contributed by atoms with E-state index < -0.39 is 0 Å². The van der Waals surface area contributed by atoms with E-state index in [0.717, 1.165) is 49.1 Å². The summed E-state index contributed by atoms with van der Waals surface area (Å²) in [6.45, 7) is 3.21. The SMILES string of the molecule is COc1cccc(CN2CCn3c(nnc3-c3cn(C)cn3)C2)c1Cl. The second kappa shape index (κ2) is 6.50. The smallest absolute Gasteiger partial charge is 0.184 e. The molecule has 8 heteroatoms. The summed E-state index contributed by atoms with van der Waals surface area (Å²) in [5.74, 6) is 2.48. The Labute approximate surface area is 150 Å². The Kier molecular flexibility index (Phi) is 4.19. The van der Waals surface area contributed by atoms with Crippen LogP contribution < -0.4 is 4.74 Å². The molecule has 0 fully saturated rings. The number of imidazole rings is 1. The van der Waals surface area contributed by atoms with E-state index in [1.54, 1.807) is 13.4 Å². The van der Waals surface area contributed by atoms with E-state index >= 15 is 0 Å². The van der Waals surface area contributed by atoms with Crippen LogP contribution in [0.3, 0.4) is 0 Å². The number of aryl methyl sites for hydroxylation is 1. The van der Waals surface area contributed by atoms with E-state index in [9.17, 15) is 0 Å². The summed E-state index contributed by atoms with van der Waals surface area (Å²) in [7, 11) is 3.58. The van der Waals surface area contributed by atoms with Crippen LogP contribution in [0, 0.1) is 0 Å². The molecular weight excluding hydrogens is 340 g/mol. The monoisotopic (exact) mass is 358 g/mol. The lowest BCUT2D eigenvalue weighted by molar-refractivity contribution is 0.209. The van der Waals surface area contributed by atoms with Gasteiger partial charge in [0.05, 0.1) is 25.0 Å². The van der Waals surface area contributed by atoms with Gasteiger partial charge in [0.15, 0.2) is 5.82 Å². The largest absolute Gasteiger partial charge is 0.495 e. The zero-order valence-corrected chi connectivity index (χ0v) is 14.9. The number of rotatable bonds is 4. The Morgan fingerprint density at radius 2 is 2.12 bits per heavy atom. The molecule has 0 spiro atoms. The fourth-order valence-electron chi connectivity index (χ4n) is 3.14. The minimum absolute atomic E-state index is 0.672. The van der Waals surface area contributed by atoms with Gasteiger partial charge in [0.2, 0.25) is 0 Å². The van der Waals surface area contributed by atoms with Crippen molar-refractivity contribution in [3.63, 3.8) is 0 Å². The molecule has 2 aromatic heterocycles. The van der Waals surface area contributed by atoms with Crippen molar-refractivity contribution in [2.75, 3.05) is 13.7 Å². The van der Waals surface area contributed by atoms with Crippen LogP contribution in [0.4, 0.5) is 0 Å². The van der Waals surface area contributed by atoms with Crippen molar-refractivity contribution < 1.29 is 4.74 Å². The van der Waals surface area contributed by atoms with E-state index in [0.29, 0.717) is 10.8 Å². The average Bonchev–Trinajstić information content (AvgIpc) is 3.22. The van der Waals surface area contributed by atoms with E-state index in [2.05, 4.69) is 24.6 Å². The maximum atomic E-state index is 6.42. The van der Waals surface area contributed by atoms with Gasteiger partial charge in [0, 0.05) is 32.9 Å². The van der Waals surface area contributed by atoms with Gasteiger partial charge in [-0.15, -0.1) is 10.2 Å². The second-order valence-corrected chi connectivity index (χ2v) is 6.54. The third-order valence-corrected chi connectivity index (χ3v) is 4.85. The average molecular weight is 359 g/mol. The van der Waals surface area contributed by atoms with Gasteiger partial charge in [-0.3, -0.25) is 4.90 Å². The quantitative estimate of drug-likeness (QED) is 0.716. The molecule has 0 N–H and O–H groups in total. The van der Waals surface area contributed by atoms with Gasteiger partial charge in [-0.2, -0.15) is 0 Å². The van der Waals surface area contributed by atoms with Gasteiger partial charge in [-0.25, -0.2) is 4.98 Å². The molecule has 1 aliphatic heterocycles. The van der Waals surface area contributed by atoms with Crippen molar-refractivity contribution in [2.24, 2.45) is 7.05 Å². The second-order valence-electron chi connectivity index (χ2n) is 6.16. The number of benzene rings is 1. The molecule has 0 aliphatic carbocycles. The number of halogens is 1. The number of hydrogen-bond donors (Lipinski definition) is 0. The summed E-state index contributed by atoms with van der Waals surface area (Å²) >= 11 is 6.42. The number of methoxy groups -OCH3 is 1. The highest BCUT2D eigenvalue weighted by Gasteiger charge is 2.23. The summed E-state index contributed by atoms with van der Waals surface area (Å²) in [6.07, 6.45) is 3.73. The predicted molar refractivity (Wildman–Crippen MR) is 94.3 cm³/mol. The summed E-state index contributed by atoms with van der Waals surface area (Å²) in [5.41, 5.74) is 1.91. The molecule has 130 valence electrons. The highest BCUT2D eigenvalue weighted by Crippen LogP contribution is 2.29. The number of fused-ring (bicyclic) bond motifs is 1. The van der Waals surface area contributed by atoms with Crippen LogP contribution >= 0.6 is 11.6 Å². The normalized spacial score (nSPS) is 14.5. The Morgan fingerprint density at radius 3 is 2.88 bits per heavy atom. The predicted octanol–water partition coefficient (Wildman–Crippen LogP) is 2.36. The van der Waals surface area contributed by atoms with E-state index in [4.69, 9.17) is 16.3 Å². The molecule has 0 saturated carbocycles. The molecule has 3 heterocycles. The van der Waals surface area contributed by atoms with Crippen molar-refractivity contribution in [1.29, 1.82) is 0 Å². The molecule has 1 aromatic carbocycles. The van der Waals surface area contributed by atoms with Crippen LogP contribution in [-0.4, -0.2) is 42.9 Å². The van der Waals surface area contributed by atoms with Crippen molar-refractivity contribution >= 4 is 11.6 Å². The lowest BCUT2D eigenvalue weighted by Crippen LogP contribution is -2.33. The van der Waals surface area contributed by atoms with Crippen LogP contribution in [0.2, 0.25) is 5.02 Å². The van der Waals surface area contributed by atoms with Gasteiger partial charge in [-0.05, 0) is 11.6 Å². The minimum atomic E-state index is 0.672. The van der Waals surface area contributed by atoms with Gasteiger partial charge in [0.25, 0.3) is 0 Å². The molecule has 1 aliphatic rings. The molecule has 0 amide bonds. The molecule has 0 atom stereocenters. The number of nitrogens with zero attached hydrogens (tertiary/aromatic N) is 6. The maximum Gasteiger partial charge on any atom is 0.184 e. The van der Waals surface area contributed by atoms with Gasteiger partial charge in [-0.1, -0.05) is 23.7 Å². The van der Waals surface area contributed by atoms with Crippen LogP contribution in [0.1, 0.15) is 11.4 Å². The highest BCUT2D eigenvalue weighted by molar-refractivity contribution is 6.32. The zero-order valence-electron chi connectivity index (χ0n) is 14.2. The lowest BCUT2D eigenvalue weighted by Gasteiger charge is -2.28. The van der Waals surface area contributed by atoms with Gasteiger partial charge >= 0.3 is 0 Å². The molecular formula is C17H19ClN6O. The summed E-state index contributed by atoms with van der Waals surface area (Å²) in [4.78, 5) is 6.69. The first-order chi connectivity index (χ1) is 12.2. The molecule has 0 saturated heterocycles. The maximum absolute atomic E-state index is 6.42. The number of hydrogen-bond acceptors (Lipinski definition) is 5. The fourth-order valence-corrected chi connectivity index (χ4v) is 3.40. The van der Waals surface area contributed by atoms with Crippen molar-refractivity contribution in [2.45, 2.75) is 19.6 Å². The topological polar surface area (TPSA) is 61.0 Å². The Balaban J connectivity index is 1.53. The Hall–Kier alpha value is -2.38.